The Bertz CT molecular complexity index is 566. The molecule has 106 valence electrons. The van der Waals surface area contributed by atoms with Crippen molar-refractivity contribution < 1.29 is 23.8 Å². The first-order chi connectivity index (χ1) is 9.41. The third-order valence-electron chi connectivity index (χ3n) is 3.03. The molecule has 1 aliphatic rings. The fourth-order valence-electron chi connectivity index (χ4n) is 2.00. The molecule has 0 radical (unpaired) electrons. The minimum atomic E-state index is -2.08. The van der Waals surface area contributed by atoms with Crippen molar-refractivity contribution in [3.05, 3.63) is 59.7 Å². The first kappa shape index (κ1) is 14.4. The number of hydrogen-bond acceptors (Lipinski definition) is 3. The van der Waals surface area contributed by atoms with Gasteiger partial charge >= 0.3 is 5.97 Å². The summed E-state index contributed by atoms with van der Waals surface area (Å²) in [5, 5.41) is 21.9. The van der Waals surface area contributed by atoms with Gasteiger partial charge in [0.2, 0.25) is 0 Å². The van der Waals surface area contributed by atoms with Crippen LogP contribution < -0.4 is 5.32 Å². The number of carboxylic acids is 1. The fourth-order valence-corrected chi connectivity index (χ4v) is 2.00. The van der Waals surface area contributed by atoms with Gasteiger partial charge in [-0.2, -0.15) is 0 Å². The van der Waals surface area contributed by atoms with E-state index >= 15 is 0 Å². The molecule has 4 nitrogen and oxygen atoms in total. The molecule has 0 bridgehead atoms. The van der Waals surface area contributed by atoms with Crippen molar-refractivity contribution in [2.75, 3.05) is 0 Å². The lowest BCUT2D eigenvalue weighted by atomic mass is 9.90. The average molecular weight is 281 g/mol. The predicted octanol–water partition coefficient (Wildman–Crippen LogP) is 1.36. The van der Waals surface area contributed by atoms with E-state index in [1.807, 2.05) is 0 Å². The Morgan fingerprint density at radius 1 is 1.25 bits per heavy atom. The van der Waals surface area contributed by atoms with E-state index < -0.39 is 29.2 Å². The van der Waals surface area contributed by atoms with E-state index in [1.54, 1.807) is 6.08 Å². The molecule has 0 amide bonds. The van der Waals surface area contributed by atoms with Gasteiger partial charge in [0, 0.05) is 12.6 Å². The second-order valence-electron chi connectivity index (χ2n) is 4.51. The van der Waals surface area contributed by atoms with Crippen LogP contribution in [0.5, 0.6) is 0 Å². The van der Waals surface area contributed by atoms with Crippen LogP contribution in [0.15, 0.2) is 42.5 Å². The number of hydrogen-bond donors (Lipinski definition) is 3. The van der Waals surface area contributed by atoms with Crippen molar-refractivity contribution in [3.63, 3.8) is 0 Å². The third-order valence-corrected chi connectivity index (χ3v) is 3.03. The lowest BCUT2D eigenvalue weighted by Gasteiger charge is -2.30. The topological polar surface area (TPSA) is 69.6 Å². The fraction of sp³-hybridized carbons (Fsp3) is 0.214. The highest BCUT2D eigenvalue weighted by Gasteiger charge is 2.41. The maximum Gasteiger partial charge on any atom is 0.341 e. The van der Waals surface area contributed by atoms with Crippen LogP contribution in [0.4, 0.5) is 8.78 Å². The van der Waals surface area contributed by atoms with Gasteiger partial charge in [0.25, 0.3) is 0 Å². The predicted molar refractivity (Wildman–Crippen MR) is 67.9 cm³/mol. The smallest absolute Gasteiger partial charge is 0.341 e. The van der Waals surface area contributed by atoms with Crippen LogP contribution in [0.1, 0.15) is 5.56 Å². The van der Waals surface area contributed by atoms with Crippen LogP contribution in [-0.4, -0.2) is 27.8 Å². The van der Waals surface area contributed by atoms with Gasteiger partial charge in [0.05, 0.1) is 6.04 Å². The van der Waals surface area contributed by atoms with E-state index in [2.05, 4.69) is 5.32 Å². The molecule has 2 atom stereocenters. The van der Waals surface area contributed by atoms with Crippen molar-refractivity contribution in [3.8, 4) is 0 Å². The van der Waals surface area contributed by atoms with Crippen LogP contribution in [0.3, 0.4) is 0 Å². The molecule has 0 saturated carbocycles. The number of aliphatic hydroxyl groups is 1. The van der Waals surface area contributed by atoms with Gasteiger partial charge in [0.15, 0.2) is 5.60 Å². The number of aliphatic carboxylic acids is 1. The van der Waals surface area contributed by atoms with Gasteiger partial charge < -0.3 is 15.5 Å². The molecule has 1 aromatic carbocycles. The van der Waals surface area contributed by atoms with E-state index in [1.165, 1.54) is 12.2 Å². The summed E-state index contributed by atoms with van der Waals surface area (Å²) in [6.07, 6.45) is 5.64. The highest BCUT2D eigenvalue weighted by atomic mass is 19.1. The first-order valence-corrected chi connectivity index (χ1v) is 5.92. The maximum atomic E-state index is 13.0. The van der Waals surface area contributed by atoms with Gasteiger partial charge in [-0.05, 0) is 23.8 Å². The summed E-state index contributed by atoms with van der Waals surface area (Å²) in [6.45, 7) is 0.0209. The van der Waals surface area contributed by atoms with Crippen LogP contribution in [-0.2, 0) is 11.3 Å². The highest BCUT2D eigenvalue weighted by molar-refractivity contribution is 5.82. The first-order valence-electron chi connectivity index (χ1n) is 5.92. The van der Waals surface area contributed by atoms with E-state index in [0.717, 1.165) is 24.3 Å². The van der Waals surface area contributed by atoms with Crippen LogP contribution in [0.25, 0.3) is 0 Å². The van der Waals surface area contributed by atoms with Gasteiger partial charge in [-0.3, -0.25) is 0 Å². The van der Waals surface area contributed by atoms with Crippen molar-refractivity contribution in [1.82, 2.24) is 5.32 Å². The molecule has 0 fully saturated rings. The summed E-state index contributed by atoms with van der Waals surface area (Å²) < 4.78 is 26.1. The standard InChI is InChI=1S/C14H13F2NO3/c15-10-5-9(6-11(16)7-10)8-17-12-3-1-2-4-14(12,20)13(18)19/h1-7,12,17,20H,8H2,(H,18,19). The molecule has 0 saturated heterocycles. The van der Waals surface area contributed by atoms with Crippen molar-refractivity contribution in [1.29, 1.82) is 0 Å². The molecule has 0 aliphatic heterocycles. The molecule has 20 heavy (non-hydrogen) atoms. The number of nitrogens with one attached hydrogen (secondary N) is 1. The van der Waals surface area contributed by atoms with E-state index in [0.29, 0.717) is 5.56 Å². The molecular weight excluding hydrogens is 268 g/mol. The van der Waals surface area contributed by atoms with E-state index in [9.17, 15) is 18.7 Å². The zero-order valence-electron chi connectivity index (χ0n) is 10.4. The Balaban J connectivity index is 2.11. The molecule has 1 aliphatic carbocycles. The van der Waals surface area contributed by atoms with E-state index in [-0.39, 0.29) is 6.54 Å². The zero-order valence-corrected chi connectivity index (χ0v) is 10.4. The minimum absolute atomic E-state index is 0.0209. The lowest BCUT2D eigenvalue weighted by Crippen LogP contribution is -2.54. The molecule has 2 unspecified atom stereocenters. The molecular formula is C14H13F2NO3. The SMILES string of the molecule is O=C(O)C1(O)C=CC=CC1NCc1cc(F)cc(F)c1. The molecule has 2 rings (SSSR count). The number of allylic oxidation sites excluding steroid dienone is 2. The summed E-state index contributed by atoms with van der Waals surface area (Å²) >= 11 is 0. The lowest BCUT2D eigenvalue weighted by molar-refractivity contribution is -0.155. The van der Waals surface area contributed by atoms with Crippen molar-refractivity contribution >= 4 is 5.97 Å². The summed E-state index contributed by atoms with van der Waals surface area (Å²) in [5.41, 5.74) is -1.76. The molecule has 0 spiro atoms. The number of halogens is 2. The quantitative estimate of drug-likeness (QED) is 0.779. The summed E-state index contributed by atoms with van der Waals surface area (Å²) in [6, 6.07) is 2.13. The molecule has 1 aromatic rings. The van der Waals surface area contributed by atoms with Crippen molar-refractivity contribution in [2.24, 2.45) is 0 Å². The molecule has 0 heterocycles. The Morgan fingerprint density at radius 3 is 2.50 bits per heavy atom. The highest BCUT2D eigenvalue weighted by Crippen LogP contribution is 2.19. The average Bonchev–Trinajstić information content (AvgIpc) is 2.36. The Morgan fingerprint density at radius 2 is 1.90 bits per heavy atom. The van der Waals surface area contributed by atoms with E-state index in [4.69, 9.17) is 5.11 Å². The zero-order chi connectivity index (χ0) is 14.8. The monoisotopic (exact) mass is 281 g/mol. The van der Waals surface area contributed by atoms with Crippen LogP contribution >= 0.6 is 0 Å². The minimum Gasteiger partial charge on any atom is -0.479 e. The number of benzene rings is 1. The normalized spacial score (nSPS) is 24.9. The third kappa shape index (κ3) is 2.92. The Hall–Kier alpha value is -2.05. The van der Waals surface area contributed by atoms with Gasteiger partial charge in [-0.15, -0.1) is 0 Å². The molecule has 0 aromatic heterocycles. The number of rotatable bonds is 4. The molecule has 3 N–H and O–H groups in total. The van der Waals surface area contributed by atoms with Gasteiger partial charge in [0.1, 0.15) is 11.6 Å². The Kier molecular flexibility index (Phi) is 3.96. The molecule has 6 heteroatoms. The van der Waals surface area contributed by atoms with Gasteiger partial charge in [-0.25, -0.2) is 13.6 Å². The van der Waals surface area contributed by atoms with Crippen molar-refractivity contribution in [2.45, 2.75) is 18.2 Å². The number of carboxylic acid groups (broad SMARTS) is 1. The van der Waals surface area contributed by atoms with Gasteiger partial charge in [-0.1, -0.05) is 18.2 Å². The summed E-state index contributed by atoms with van der Waals surface area (Å²) in [5.74, 6) is -2.83. The second-order valence-corrected chi connectivity index (χ2v) is 4.51. The second kappa shape index (κ2) is 5.52. The Labute approximate surface area is 114 Å². The largest absolute Gasteiger partial charge is 0.479 e. The maximum absolute atomic E-state index is 13.0. The number of carbonyl (C=O) groups is 1. The van der Waals surface area contributed by atoms with Crippen LogP contribution in [0.2, 0.25) is 0 Å². The summed E-state index contributed by atoms with van der Waals surface area (Å²) in [4.78, 5) is 11.1. The summed E-state index contributed by atoms with van der Waals surface area (Å²) in [7, 11) is 0. The van der Waals surface area contributed by atoms with Crippen LogP contribution in [0, 0.1) is 11.6 Å².